The minimum Gasteiger partial charge on any atom is -0.318 e. The molecule has 0 fully saturated rings. The molecule has 0 saturated carbocycles. The van der Waals surface area contributed by atoms with Gasteiger partial charge >= 0.3 is 5.97 Å². The lowest BCUT2D eigenvalue weighted by atomic mass is 9.76. The minimum atomic E-state index is -0.534. The number of carbonyl (C=O) groups is 1. The van der Waals surface area contributed by atoms with Crippen molar-refractivity contribution >= 4 is 11.7 Å². The van der Waals surface area contributed by atoms with Crippen LogP contribution in [0.4, 0.5) is 0 Å². The van der Waals surface area contributed by atoms with E-state index in [0.29, 0.717) is 0 Å². The van der Waals surface area contributed by atoms with Crippen molar-refractivity contribution in [3.63, 3.8) is 0 Å². The lowest BCUT2D eigenvalue weighted by Crippen LogP contribution is -2.29. The Bertz CT molecular complexity index is 1310. The van der Waals surface area contributed by atoms with Crippen LogP contribution in [0.25, 0.3) is 5.69 Å². The highest BCUT2D eigenvalue weighted by Crippen LogP contribution is 2.38. The first kappa shape index (κ1) is 22.9. The van der Waals surface area contributed by atoms with Crippen LogP contribution in [0.2, 0.25) is 0 Å². The van der Waals surface area contributed by atoms with Crippen molar-refractivity contribution in [3.05, 3.63) is 125 Å². The van der Waals surface area contributed by atoms with E-state index < -0.39 is 5.92 Å². The summed E-state index contributed by atoms with van der Waals surface area (Å²) in [6.07, 6.45) is 1.67. The lowest BCUT2D eigenvalue weighted by Gasteiger charge is -2.31. The van der Waals surface area contributed by atoms with Crippen molar-refractivity contribution in [2.24, 2.45) is 10.6 Å². The molecular formula is C31H30N2O2. The third kappa shape index (κ3) is 4.69. The van der Waals surface area contributed by atoms with Crippen molar-refractivity contribution in [1.82, 2.24) is 4.57 Å². The largest absolute Gasteiger partial charge is 0.346 e. The lowest BCUT2D eigenvalue weighted by molar-refractivity contribution is -0.144. The molecule has 0 atom stereocenters. The monoisotopic (exact) mass is 462 g/mol. The number of hydrogen-bond donors (Lipinski definition) is 0. The fourth-order valence-corrected chi connectivity index (χ4v) is 5.10. The second-order valence-electron chi connectivity index (χ2n) is 10.0. The van der Waals surface area contributed by atoms with Gasteiger partial charge in [0, 0.05) is 22.6 Å². The first-order chi connectivity index (χ1) is 16.9. The number of nitrogens with zero attached hydrogens (tertiary/aromatic N) is 2. The van der Waals surface area contributed by atoms with Crippen LogP contribution in [0.3, 0.4) is 0 Å². The Balaban J connectivity index is 1.51. The third-order valence-corrected chi connectivity index (χ3v) is 6.65. The molecule has 1 aliphatic carbocycles. The van der Waals surface area contributed by atoms with Gasteiger partial charge in [0.2, 0.25) is 0 Å². The molecule has 0 amide bonds. The zero-order valence-electron chi connectivity index (χ0n) is 20.4. The summed E-state index contributed by atoms with van der Waals surface area (Å²) < 4.78 is 2.30. The van der Waals surface area contributed by atoms with Gasteiger partial charge in [0.15, 0.2) is 0 Å². The summed E-state index contributed by atoms with van der Waals surface area (Å²) in [7, 11) is 0. The van der Waals surface area contributed by atoms with Gasteiger partial charge in [-0.25, -0.2) is 4.79 Å². The molecule has 176 valence electrons. The molecule has 0 unspecified atom stereocenters. The summed E-state index contributed by atoms with van der Waals surface area (Å²) in [4.78, 5) is 19.1. The molecule has 1 aromatic heterocycles. The first-order valence-electron chi connectivity index (χ1n) is 12.1. The number of carbonyl (C=O) groups excluding carboxylic acids is 1. The topological polar surface area (TPSA) is 43.6 Å². The molecule has 0 N–H and O–H groups in total. The Morgan fingerprint density at radius 1 is 0.857 bits per heavy atom. The normalized spacial score (nSPS) is 15.7. The van der Waals surface area contributed by atoms with E-state index in [-0.39, 0.29) is 11.4 Å². The fourth-order valence-electron chi connectivity index (χ4n) is 5.10. The van der Waals surface area contributed by atoms with E-state index in [4.69, 9.17) is 4.84 Å². The highest BCUT2D eigenvalue weighted by Gasteiger charge is 2.34. The van der Waals surface area contributed by atoms with E-state index in [0.717, 1.165) is 46.6 Å². The van der Waals surface area contributed by atoms with E-state index in [1.165, 1.54) is 5.69 Å². The summed E-state index contributed by atoms with van der Waals surface area (Å²) in [5, 5.41) is 4.49. The van der Waals surface area contributed by atoms with E-state index >= 15 is 0 Å². The molecule has 4 nitrogen and oxygen atoms in total. The Labute approximate surface area is 206 Å². The van der Waals surface area contributed by atoms with Crippen LogP contribution in [0, 0.1) is 12.3 Å². The molecule has 1 heterocycles. The summed E-state index contributed by atoms with van der Waals surface area (Å²) in [6.45, 7) is 6.59. The van der Waals surface area contributed by atoms with Gasteiger partial charge in [-0.3, -0.25) is 0 Å². The van der Waals surface area contributed by atoms with Gasteiger partial charge in [0.25, 0.3) is 0 Å². The summed E-state index contributed by atoms with van der Waals surface area (Å²) in [5.74, 6) is -0.910. The van der Waals surface area contributed by atoms with Crippen LogP contribution in [-0.4, -0.2) is 16.2 Å². The smallest absolute Gasteiger partial charge is 0.318 e. The van der Waals surface area contributed by atoms with Crippen LogP contribution >= 0.6 is 0 Å². The van der Waals surface area contributed by atoms with Gasteiger partial charge in [-0.2, -0.15) is 0 Å². The number of hydrogen-bond acceptors (Lipinski definition) is 3. The molecule has 1 aliphatic rings. The quantitative estimate of drug-likeness (QED) is 0.241. The second-order valence-corrected chi connectivity index (χ2v) is 10.0. The molecular weight excluding hydrogens is 432 g/mol. The maximum atomic E-state index is 13.4. The first-order valence-corrected chi connectivity index (χ1v) is 12.1. The van der Waals surface area contributed by atoms with Gasteiger partial charge in [-0.15, -0.1) is 0 Å². The molecule has 0 bridgehead atoms. The van der Waals surface area contributed by atoms with E-state index in [9.17, 15) is 4.79 Å². The second kappa shape index (κ2) is 9.38. The molecule has 0 spiro atoms. The number of rotatable bonds is 5. The Morgan fingerprint density at radius 3 is 1.97 bits per heavy atom. The molecule has 4 heteroatoms. The third-order valence-electron chi connectivity index (χ3n) is 6.65. The van der Waals surface area contributed by atoms with Gasteiger partial charge in [-0.05, 0) is 54.5 Å². The van der Waals surface area contributed by atoms with Gasteiger partial charge < -0.3 is 9.40 Å². The molecule has 3 aromatic carbocycles. The summed E-state index contributed by atoms with van der Waals surface area (Å²) in [6, 6.07) is 32.0. The average Bonchev–Trinajstić information content (AvgIpc) is 3.19. The number of para-hydroxylation sites is 1. The molecule has 0 radical (unpaired) electrons. The van der Waals surface area contributed by atoms with E-state index in [1.807, 2.05) is 66.7 Å². The summed E-state index contributed by atoms with van der Waals surface area (Å²) in [5.41, 5.74) is 7.14. The highest BCUT2D eigenvalue weighted by molar-refractivity contribution is 6.03. The summed E-state index contributed by atoms with van der Waals surface area (Å²) >= 11 is 0. The number of oxime groups is 1. The van der Waals surface area contributed by atoms with Crippen LogP contribution in [0.5, 0.6) is 0 Å². The molecule has 4 aromatic rings. The highest BCUT2D eigenvalue weighted by atomic mass is 16.7. The number of benzene rings is 3. The molecule has 5 rings (SSSR count). The van der Waals surface area contributed by atoms with Crippen molar-refractivity contribution in [1.29, 1.82) is 0 Å². The van der Waals surface area contributed by atoms with Crippen molar-refractivity contribution in [2.75, 3.05) is 0 Å². The molecule has 0 aliphatic heterocycles. The van der Waals surface area contributed by atoms with Crippen molar-refractivity contribution in [3.8, 4) is 5.69 Å². The average molecular weight is 463 g/mol. The SMILES string of the molecule is Cc1cc2c(n1-c1ccccc1)CC(C)(C)C/C2=N\OC(=O)C(c1ccccc1)c1ccccc1. The van der Waals surface area contributed by atoms with Crippen LogP contribution in [-0.2, 0) is 16.1 Å². The van der Waals surface area contributed by atoms with Crippen molar-refractivity contribution < 1.29 is 9.63 Å². The van der Waals surface area contributed by atoms with Gasteiger partial charge in [0.05, 0.1) is 5.71 Å². The molecule has 0 saturated heterocycles. The number of fused-ring (bicyclic) bond motifs is 1. The van der Waals surface area contributed by atoms with Gasteiger partial charge in [0.1, 0.15) is 5.92 Å². The predicted molar refractivity (Wildman–Crippen MR) is 140 cm³/mol. The maximum Gasteiger partial charge on any atom is 0.346 e. The zero-order chi connectivity index (χ0) is 24.4. The fraction of sp³-hybridized carbons (Fsp3) is 0.226. The Hall–Kier alpha value is -3.92. The number of aromatic nitrogens is 1. The van der Waals surface area contributed by atoms with Crippen LogP contribution in [0.15, 0.2) is 102 Å². The Morgan fingerprint density at radius 2 is 1.40 bits per heavy atom. The molecule has 35 heavy (non-hydrogen) atoms. The zero-order valence-corrected chi connectivity index (χ0v) is 20.4. The maximum absolute atomic E-state index is 13.4. The van der Waals surface area contributed by atoms with Crippen molar-refractivity contribution in [2.45, 2.75) is 39.5 Å². The Kier molecular flexibility index (Phi) is 6.12. The van der Waals surface area contributed by atoms with Crippen LogP contribution < -0.4 is 0 Å². The minimum absolute atomic E-state index is 0.00612. The van der Waals surface area contributed by atoms with Gasteiger partial charge in [-0.1, -0.05) is 97.9 Å². The predicted octanol–water partition coefficient (Wildman–Crippen LogP) is 6.84. The standard InChI is InChI=1S/C31H30N2O2/c1-22-19-26-27(20-31(2,3)21-28(26)33(22)25-17-11-6-12-18-25)32-35-30(34)29(23-13-7-4-8-14-23)24-15-9-5-10-16-24/h4-19,29H,20-21H2,1-3H3/b32-27+. The number of aryl methyl sites for hydroxylation is 1. The van der Waals surface area contributed by atoms with Crippen LogP contribution in [0.1, 0.15) is 54.3 Å². The van der Waals surface area contributed by atoms with E-state index in [1.54, 1.807) is 0 Å². The van der Waals surface area contributed by atoms with E-state index in [2.05, 4.69) is 60.8 Å².